The normalized spacial score (nSPS) is 22.0. The monoisotopic (exact) mass is 291 g/mol. The van der Waals surface area contributed by atoms with Crippen molar-refractivity contribution in [3.05, 3.63) is 24.3 Å². The number of amidine groups is 1. The van der Waals surface area contributed by atoms with Gasteiger partial charge in [-0.05, 0) is 30.9 Å². The summed E-state index contributed by atoms with van der Waals surface area (Å²) in [7, 11) is 0. The molecule has 0 saturated heterocycles. The van der Waals surface area contributed by atoms with Gasteiger partial charge in [-0.15, -0.1) is 0 Å². The summed E-state index contributed by atoms with van der Waals surface area (Å²) in [6, 6.07) is 7.07. The van der Waals surface area contributed by atoms with E-state index in [1.165, 1.54) is 0 Å². The third kappa shape index (κ3) is 4.11. The summed E-state index contributed by atoms with van der Waals surface area (Å²) >= 11 is 0. The Labute approximate surface area is 124 Å². The lowest BCUT2D eigenvalue weighted by molar-refractivity contribution is -0.120. The molecule has 1 aliphatic rings. The van der Waals surface area contributed by atoms with Gasteiger partial charge >= 0.3 is 0 Å². The van der Waals surface area contributed by atoms with Crippen molar-refractivity contribution in [2.24, 2.45) is 22.7 Å². The summed E-state index contributed by atoms with van der Waals surface area (Å²) in [6.45, 7) is 2.11. The number of rotatable bonds is 5. The average Bonchev–Trinajstić information content (AvgIpc) is 2.91. The summed E-state index contributed by atoms with van der Waals surface area (Å²) in [4.78, 5) is 12.2. The lowest BCUT2D eigenvalue weighted by Crippen LogP contribution is -2.24. The van der Waals surface area contributed by atoms with Crippen molar-refractivity contribution < 1.29 is 14.7 Å². The van der Waals surface area contributed by atoms with Gasteiger partial charge in [0.15, 0.2) is 5.84 Å². The first-order chi connectivity index (χ1) is 10.1. The number of benzene rings is 1. The lowest BCUT2D eigenvalue weighted by Gasteiger charge is -2.15. The van der Waals surface area contributed by atoms with Crippen LogP contribution >= 0.6 is 0 Å². The van der Waals surface area contributed by atoms with E-state index in [9.17, 15) is 4.79 Å². The predicted octanol–water partition coefficient (Wildman–Crippen LogP) is 2.19. The van der Waals surface area contributed by atoms with Crippen molar-refractivity contribution in [2.45, 2.75) is 26.2 Å². The molecule has 21 heavy (non-hydrogen) atoms. The number of nitrogens with zero attached hydrogens (tertiary/aromatic N) is 1. The molecule has 1 aromatic rings. The van der Waals surface area contributed by atoms with E-state index in [2.05, 4.69) is 17.4 Å². The molecule has 1 saturated carbocycles. The van der Waals surface area contributed by atoms with Crippen LogP contribution in [0.15, 0.2) is 29.4 Å². The minimum absolute atomic E-state index is 0.00639. The van der Waals surface area contributed by atoms with Gasteiger partial charge in [-0.3, -0.25) is 4.79 Å². The molecule has 6 nitrogen and oxygen atoms in total. The van der Waals surface area contributed by atoms with Crippen LogP contribution in [-0.4, -0.2) is 23.6 Å². The van der Waals surface area contributed by atoms with Gasteiger partial charge in [0, 0.05) is 17.7 Å². The van der Waals surface area contributed by atoms with E-state index in [-0.39, 0.29) is 24.3 Å². The standard InChI is InChI=1S/C15H21N3O3/c1-10-4-2-7-13(10)15(19)17-11-5-3-6-12(8-11)21-9-14(16)18-20/h3,5-6,8,10,13,20H,2,4,7,9H2,1H3,(H2,16,18)(H,17,19). The van der Waals surface area contributed by atoms with Gasteiger partial charge in [0.1, 0.15) is 12.4 Å². The number of nitrogens with two attached hydrogens (primary N) is 1. The largest absolute Gasteiger partial charge is 0.485 e. The number of carbonyl (C=O) groups is 1. The van der Waals surface area contributed by atoms with E-state index in [0.717, 1.165) is 19.3 Å². The Bertz CT molecular complexity index is 531. The summed E-state index contributed by atoms with van der Waals surface area (Å²) in [5.41, 5.74) is 6.03. The first-order valence-corrected chi connectivity index (χ1v) is 7.10. The topological polar surface area (TPSA) is 96.9 Å². The van der Waals surface area contributed by atoms with Crippen molar-refractivity contribution in [2.75, 3.05) is 11.9 Å². The number of hydrogen-bond acceptors (Lipinski definition) is 4. The van der Waals surface area contributed by atoms with Crippen LogP contribution in [0, 0.1) is 11.8 Å². The van der Waals surface area contributed by atoms with Crippen molar-refractivity contribution in [3.8, 4) is 5.75 Å². The molecule has 0 spiro atoms. The average molecular weight is 291 g/mol. The molecule has 2 atom stereocenters. The lowest BCUT2D eigenvalue weighted by atomic mass is 9.97. The molecule has 0 radical (unpaired) electrons. The van der Waals surface area contributed by atoms with Crippen molar-refractivity contribution in [3.63, 3.8) is 0 Å². The van der Waals surface area contributed by atoms with Crippen LogP contribution in [0.1, 0.15) is 26.2 Å². The highest BCUT2D eigenvalue weighted by molar-refractivity contribution is 5.93. The van der Waals surface area contributed by atoms with E-state index in [0.29, 0.717) is 17.4 Å². The Kier molecular flexibility index (Phi) is 5.03. The quantitative estimate of drug-likeness (QED) is 0.335. The van der Waals surface area contributed by atoms with Crippen LogP contribution in [0.5, 0.6) is 5.75 Å². The number of carbonyl (C=O) groups excluding carboxylic acids is 1. The number of nitrogens with one attached hydrogen (secondary N) is 1. The summed E-state index contributed by atoms with van der Waals surface area (Å²) in [5.74, 6) is 1.13. The molecule has 1 aromatic carbocycles. The highest BCUT2D eigenvalue weighted by atomic mass is 16.5. The Morgan fingerprint density at radius 2 is 2.33 bits per heavy atom. The Balaban J connectivity index is 1.95. The molecule has 6 heteroatoms. The number of ether oxygens (including phenoxy) is 1. The van der Waals surface area contributed by atoms with E-state index in [1.54, 1.807) is 18.2 Å². The van der Waals surface area contributed by atoms with Gasteiger partial charge < -0.3 is 21.0 Å². The fourth-order valence-electron chi connectivity index (χ4n) is 2.62. The summed E-state index contributed by atoms with van der Waals surface area (Å²) in [5, 5.41) is 14.2. The van der Waals surface area contributed by atoms with Gasteiger partial charge in [-0.1, -0.05) is 24.6 Å². The van der Waals surface area contributed by atoms with Crippen LogP contribution in [0.2, 0.25) is 0 Å². The third-order valence-corrected chi connectivity index (χ3v) is 3.81. The summed E-state index contributed by atoms with van der Waals surface area (Å²) < 4.78 is 5.36. The van der Waals surface area contributed by atoms with E-state index in [4.69, 9.17) is 15.7 Å². The molecule has 114 valence electrons. The molecule has 2 unspecified atom stereocenters. The van der Waals surface area contributed by atoms with Crippen LogP contribution in [-0.2, 0) is 4.79 Å². The number of oxime groups is 1. The first kappa shape index (κ1) is 15.2. The summed E-state index contributed by atoms with van der Waals surface area (Å²) in [6.07, 6.45) is 3.18. The second kappa shape index (κ2) is 6.97. The zero-order chi connectivity index (χ0) is 15.2. The molecule has 0 heterocycles. The molecular formula is C15H21N3O3. The SMILES string of the molecule is CC1CCCC1C(=O)Nc1cccc(OC/C(N)=N/O)c1. The fraction of sp³-hybridized carbons (Fsp3) is 0.467. The minimum atomic E-state index is -0.00998. The first-order valence-electron chi connectivity index (χ1n) is 7.10. The molecule has 4 N–H and O–H groups in total. The molecule has 0 aromatic heterocycles. The maximum atomic E-state index is 12.2. The smallest absolute Gasteiger partial charge is 0.227 e. The third-order valence-electron chi connectivity index (χ3n) is 3.81. The molecule has 0 aliphatic heterocycles. The van der Waals surface area contributed by atoms with Crippen LogP contribution in [0.25, 0.3) is 0 Å². The van der Waals surface area contributed by atoms with Crippen LogP contribution in [0.3, 0.4) is 0 Å². The van der Waals surface area contributed by atoms with E-state index in [1.807, 2.05) is 6.07 Å². The van der Waals surface area contributed by atoms with Gasteiger partial charge in [-0.2, -0.15) is 0 Å². The maximum Gasteiger partial charge on any atom is 0.227 e. The Morgan fingerprint density at radius 3 is 3.00 bits per heavy atom. The predicted molar refractivity (Wildman–Crippen MR) is 80.5 cm³/mol. The zero-order valence-electron chi connectivity index (χ0n) is 12.1. The van der Waals surface area contributed by atoms with Crippen molar-refractivity contribution >= 4 is 17.4 Å². The van der Waals surface area contributed by atoms with Crippen LogP contribution in [0.4, 0.5) is 5.69 Å². The molecule has 1 amide bonds. The molecule has 2 rings (SSSR count). The second-order valence-electron chi connectivity index (χ2n) is 5.41. The maximum absolute atomic E-state index is 12.2. The van der Waals surface area contributed by atoms with Gasteiger partial charge in [0.05, 0.1) is 0 Å². The highest BCUT2D eigenvalue weighted by Gasteiger charge is 2.29. The highest BCUT2D eigenvalue weighted by Crippen LogP contribution is 2.32. The Hall–Kier alpha value is -2.24. The van der Waals surface area contributed by atoms with Gasteiger partial charge in [0.2, 0.25) is 5.91 Å². The minimum Gasteiger partial charge on any atom is -0.485 e. The van der Waals surface area contributed by atoms with Crippen LogP contribution < -0.4 is 15.8 Å². The number of amides is 1. The number of hydrogen-bond donors (Lipinski definition) is 3. The van der Waals surface area contributed by atoms with E-state index < -0.39 is 0 Å². The fourth-order valence-corrected chi connectivity index (χ4v) is 2.62. The molecule has 1 fully saturated rings. The molecule has 0 bridgehead atoms. The van der Waals surface area contributed by atoms with Gasteiger partial charge in [-0.25, -0.2) is 0 Å². The second-order valence-corrected chi connectivity index (χ2v) is 5.41. The Morgan fingerprint density at radius 1 is 1.52 bits per heavy atom. The van der Waals surface area contributed by atoms with Crippen molar-refractivity contribution in [1.82, 2.24) is 0 Å². The zero-order valence-corrected chi connectivity index (χ0v) is 12.1. The van der Waals surface area contributed by atoms with Crippen molar-refractivity contribution in [1.29, 1.82) is 0 Å². The van der Waals surface area contributed by atoms with Gasteiger partial charge in [0.25, 0.3) is 0 Å². The molecular weight excluding hydrogens is 270 g/mol. The molecule has 1 aliphatic carbocycles. The van der Waals surface area contributed by atoms with E-state index >= 15 is 0 Å². The number of anilines is 1.